The minimum absolute atomic E-state index is 0.124. The van der Waals surface area contributed by atoms with Crippen molar-refractivity contribution in [2.45, 2.75) is 26.3 Å². The lowest BCUT2D eigenvalue weighted by Crippen LogP contribution is -2.25. The third-order valence-corrected chi connectivity index (χ3v) is 5.29. The SMILES string of the molecule is Cc1cc2cc(CNC(=O)c3cccc(N4CCCC4=O)c3)ccc2n1C. The van der Waals surface area contributed by atoms with Crippen LogP contribution in [0.25, 0.3) is 10.9 Å². The van der Waals surface area contributed by atoms with E-state index in [0.29, 0.717) is 18.5 Å². The van der Waals surface area contributed by atoms with Gasteiger partial charge in [-0.2, -0.15) is 0 Å². The third kappa shape index (κ3) is 3.33. The number of amides is 2. The number of nitrogens with zero attached hydrogens (tertiary/aromatic N) is 2. The van der Waals surface area contributed by atoms with Gasteiger partial charge in [0.1, 0.15) is 0 Å². The molecule has 0 saturated carbocycles. The molecule has 0 aliphatic carbocycles. The average molecular weight is 361 g/mol. The summed E-state index contributed by atoms with van der Waals surface area (Å²) >= 11 is 0. The number of benzene rings is 2. The van der Waals surface area contributed by atoms with Crippen LogP contribution in [0.15, 0.2) is 48.5 Å². The number of rotatable bonds is 4. The van der Waals surface area contributed by atoms with Gasteiger partial charge >= 0.3 is 0 Å². The van der Waals surface area contributed by atoms with Crippen molar-refractivity contribution in [3.05, 3.63) is 65.4 Å². The number of fused-ring (bicyclic) bond motifs is 1. The molecule has 2 amide bonds. The smallest absolute Gasteiger partial charge is 0.251 e. The average Bonchev–Trinajstić information content (AvgIpc) is 3.23. The van der Waals surface area contributed by atoms with Gasteiger partial charge in [-0.15, -0.1) is 0 Å². The molecule has 0 atom stereocenters. The van der Waals surface area contributed by atoms with Crippen molar-refractivity contribution in [3.8, 4) is 0 Å². The van der Waals surface area contributed by atoms with Gasteiger partial charge in [0.25, 0.3) is 5.91 Å². The molecule has 0 bridgehead atoms. The first-order valence-corrected chi connectivity index (χ1v) is 9.26. The molecule has 5 nitrogen and oxygen atoms in total. The van der Waals surface area contributed by atoms with E-state index in [2.05, 4.69) is 42.1 Å². The number of hydrogen-bond acceptors (Lipinski definition) is 2. The number of aromatic nitrogens is 1. The molecule has 2 heterocycles. The van der Waals surface area contributed by atoms with Gasteiger partial charge in [-0.05, 0) is 55.3 Å². The van der Waals surface area contributed by atoms with E-state index in [9.17, 15) is 9.59 Å². The van der Waals surface area contributed by atoms with Crippen molar-refractivity contribution in [1.29, 1.82) is 0 Å². The summed E-state index contributed by atoms with van der Waals surface area (Å²) < 4.78 is 2.16. The molecule has 0 radical (unpaired) electrons. The molecule has 3 aromatic rings. The summed E-state index contributed by atoms with van der Waals surface area (Å²) in [5.41, 5.74) is 4.83. The highest BCUT2D eigenvalue weighted by molar-refractivity contribution is 5.99. The summed E-state index contributed by atoms with van der Waals surface area (Å²) in [4.78, 5) is 26.2. The molecular formula is C22H23N3O2. The van der Waals surface area contributed by atoms with E-state index in [1.807, 2.05) is 18.2 Å². The molecule has 1 aliphatic rings. The first kappa shape index (κ1) is 17.3. The summed E-state index contributed by atoms with van der Waals surface area (Å²) in [6.07, 6.45) is 1.45. The second-order valence-corrected chi connectivity index (χ2v) is 7.12. The van der Waals surface area contributed by atoms with E-state index in [1.165, 1.54) is 16.6 Å². The standard InChI is InChI=1S/C22H23N3O2/c1-15-11-18-12-16(8-9-20(18)24(15)2)14-23-22(27)17-5-3-6-19(13-17)25-10-4-7-21(25)26/h3,5-6,8-9,11-13H,4,7,10,14H2,1-2H3,(H,23,27). The van der Waals surface area contributed by atoms with E-state index in [4.69, 9.17) is 0 Å². The van der Waals surface area contributed by atoms with Crippen LogP contribution in [0.2, 0.25) is 0 Å². The maximum atomic E-state index is 12.6. The van der Waals surface area contributed by atoms with Crippen molar-refractivity contribution in [2.24, 2.45) is 7.05 Å². The fraction of sp³-hybridized carbons (Fsp3) is 0.273. The quantitative estimate of drug-likeness (QED) is 0.773. The highest BCUT2D eigenvalue weighted by Crippen LogP contribution is 2.23. The monoisotopic (exact) mass is 361 g/mol. The Bertz CT molecular complexity index is 1040. The molecule has 1 aliphatic heterocycles. The van der Waals surface area contributed by atoms with E-state index in [0.717, 1.165) is 24.2 Å². The van der Waals surface area contributed by atoms with Crippen molar-refractivity contribution in [1.82, 2.24) is 9.88 Å². The molecule has 1 aromatic heterocycles. The van der Waals surface area contributed by atoms with Gasteiger partial charge < -0.3 is 14.8 Å². The van der Waals surface area contributed by atoms with Gasteiger partial charge in [0.15, 0.2) is 0 Å². The lowest BCUT2D eigenvalue weighted by Gasteiger charge is -2.16. The van der Waals surface area contributed by atoms with Crippen LogP contribution in [0.5, 0.6) is 0 Å². The zero-order valence-corrected chi connectivity index (χ0v) is 15.7. The van der Waals surface area contributed by atoms with Crippen LogP contribution in [-0.4, -0.2) is 22.9 Å². The Balaban J connectivity index is 1.47. The van der Waals surface area contributed by atoms with Gasteiger partial charge in [0, 0.05) is 54.4 Å². The molecule has 1 fully saturated rings. The van der Waals surface area contributed by atoms with Crippen molar-refractivity contribution < 1.29 is 9.59 Å². The first-order chi connectivity index (χ1) is 13.0. The molecule has 2 aromatic carbocycles. The number of carbonyl (C=O) groups is 2. The highest BCUT2D eigenvalue weighted by atomic mass is 16.2. The summed E-state index contributed by atoms with van der Waals surface area (Å²) in [7, 11) is 2.05. The number of carbonyl (C=O) groups excluding carboxylic acids is 2. The van der Waals surface area contributed by atoms with Gasteiger partial charge in [0.05, 0.1) is 0 Å². The molecular weight excluding hydrogens is 338 g/mol. The highest BCUT2D eigenvalue weighted by Gasteiger charge is 2.22. The molecule has 0 unspecified atom stereocenters. The van der Waals surface area contributed by atoms with Crippen LogP contribution in [-0.2, 0) is 18.4 Å². The summed E-state index contributed by atoms with van der Waals surface area (Å²) in [5.74, 6) is -0.00755. The van der Waals surface area contributed by atoms with E-state index < -0.39 is 0 Å². The molecule has 1 N–H and O–H groups in total. The topological polar surface area (TPSA) is 54.3 Å². The number of aryl methyl sites for hydroxylation is 2. The van der Waals surface area contributed by atoms with Crippen LogP contribution in [0, 0.1) is 6.92 Å². The van der Waals surface area contributed by atoms with Crippen molar-refractivity contribution in [3.63, 3.8) is 0 Å². The summed E-state index contributed by atoms with van der Waals surface area (Å²) in [6.45, 7) is 3.27. The Morgan fingerprint density at radius 3 is 2.78 bits per heavy atom. The number of anilines is 1. The largest absolute Gasteiger partial charge is 0.348 e. The Kier molecular flexibility index (Phi) is 4.44. The summed E-state index contributed by atoms with van der Waals surface area (Å²) in [5, 5.41) is 4.16. The lowest BCUT2D eigenvalue weighted by molar-refractivity contribution is -0.117. The second kappa shape index (κ2) is 6.91. The zero-order chi connectivity index (χ0) is 19.0. The van der Waals surface area contributed by atoms with Gasteiger partial charge in [-0.1, -0.05) is 12.1 Å². The maximum absolute atomic E-state index is 12.6. The predicted molar refractivity (Wildman–Crippen MR) is 107 cm³/mol. The molecule has 27 heavy (non-hydrogen) atoms. The zero-order valence-electron chi connectivity index (χ0n) is 15.7. The van der Waals surface area contributed by atoms with Gasteiger partial charge in [-0.25, -0.2) is 0 Å². The van der Waals surface area contributed by atoms with E-state index in [1.54, 1.807) is 17.0 Å². The number of nitrogens with one attached hydrogen (secondary N) is 1. The normalized spacial score (nSPS) is 14.1. The molecule has 5 heteroatoms. The molecule has 138 valence electrons. The Labute approximate surface area is 158 Å². The minimum atomic E-state index is -0.132. The van der Waals surface area contributed by atoms with Gasteiger partial charge in [-0.3, -0.25) is 9.59 Å². The van der Waals surface area contributed by atoms with Gasteiger partial charge in [0.2, 0.25) is 5.91 Å². The Morgan fingerprint density at radius 1 is 1.15 bits per heavy atom. The van der Waals surface area contributed by atoms with Crippen LogP contribution >= 0.6 is 0 Å². The van der Waals surface area contributed by atoms with Crippen LogP contribution in [0.1, 0.15) is 34.5 Å². The minimum Gasteiger partial charge on any atom is -0.348 e. The molecule has 0 spiro atoms. The Morgan fingerprint density at radius 2 is 2.00 bits per heavy atom. The lowest BCUT2D eigenvalue weighted by atomic mass is 10.1. The maximum Gasteiger partial charge on any atom is 0.251 e. The molecule has 1 saturated heterocycles. The van der Waals surface area contributed by atoms with Crippen LogP contribution in [0.3, 0.4) is 0 Å². The second-order valence-electron chi connectivity index (χ2n) is 7.12. The third-order valence-electron chi connectivity index (χ3n) is 5.29. The summed E-state index contributed by atoms with van der Waals surface area (Å²) in [6, 6.07) is 15.7. The predicted octanol–water partition coefficient (Wildman–Crippen LogP) is 3.54. The van der Waals surface area contributed by atoms with Crippen molar-refractivity contribution >= 4 is 28.4 Å². The van der Waals surface area contributed by atoms with Crippen LogP contribution < -0.4 is 10.2 Å². The fourth-order valence-electron chi connectivity index (χ4n) is 3.67. The Hall–Kier alpha value is -3.08. The van der Waals surface area contributed by atoms with Crippen LogP contribution in [0.4, 0.5) is 5.69 Å². The van der Waals surface area contributed by atoms with E-state index in [-0.39, 0.29) is 11.8 Å². The number of hydrogen-bond donors (Lipinski definition) is 1. The van der Waals surface area contributed by atoms with E-state index >= 15 is 0 Å². The van der Waals surface area contributed by atoms with Crippen molar-refractivity contribution in [2.75, 3.05) is 11.4 Å². The fourth-order valence-corrected chi connectivity index (χ4v) is 3.67. The first-order valence-electron chi connectivity index (χ1n) is 9.26. The molecule has 4 rings (SSSR count).